The number of ether oxygens (including phenoxy) is 1. The van der Waals surface area contributed by atoms with E-state index in [0.29, 0.717) is 0 Å². The Hall–Kier alpha value is -0.450. The van der Waals surface area contributed by atoms with E-state index in [1.54, 1.807) is 0 Å². The number of nitrogens with two attached hydrogens (primary N) is 1. The standard InChI is InChI=1S/C9H18F4N2O3S/c1-19(16,17)4-2-3-7(15-14)5-18-6-9(12,13)8(10)11/h7-8,15H,2-6,14H2,1H3. The molecule has 0 aliphatic rings. The second-order valence-corrected chi connectivity index (χ2v) is 6.47. The van der Waals surface area contributed by atoms with Crippen molar-refractivity contribution in [2.75, 3.05) is 25.2 Å². The Morgan fingerprint density at radius 3 is 2.37 bits per heavy atom. The van der Waals surface area contributed by atoms with Crippen LogP contribution in [0.4, 0.5) is 17.6 Å². The fourth-order valence-corrected chi connectivity index (χ4v) is 1.90. The molecule has 5 nitrogen and oxygen atoms in total. The molecule has 0 aromatic heterocycles. The lowest BCUT2D eigenvalue weighted by Crippen LogP contribution is -2.41. The van der Waals surface area contributed by atoms with Crippen LogP contribution in [0.15, 0.2) is 0 Å². The van der Waals surface area contributed by atoms with Crippen molar-refractivity contribution >= 4 is 9.84 Å². The third kappa shape index (κ3) is 9.14. The molecule has 0 amide bonds. The molecule has 0 bridgehead atoms. The maximum Gasteiger partial charge on any atom is 0.330 e. The molecule has 0 fully saturated rings. The highest BCUT2D eigenvalue weighted by Crippen LogP contribution is 2.22. The van der Waals surface area contributed by atoms with E-state index in [1.165, 1.54) is 0 Å². The van der Waals surface area contributed by atoms with Gasteiger partial charge in [0, 0.05) is 18.1 Å². The summed E-state index contributed by atoms with van der Waals surface area (Å²) in [4.78, 5) is 0. The molecule has 1 atom stereocenters. The molecule has 0 saturated heterocycles. The summed E-state index contributed by atoms with van der Waals surface area (Å²) in [6.45, 7) is -1.71. The van der Waals surface area contributed by atoms with E-state index in [9.17, 15) is 26.0 Å². The van der Waals surface area contributed by atoms with Gasteiger partial charge >= 0.3 is 12.3 Å². The predicted octanol–water partition coefficient (Wildman–Crippen LogP) is 0.560. The zero-order valence-corrected chi connectivity index (χ0v) is 11.2. The Bertz CT molecular complexity index is 351. The summed E-state index contributed by atoms with van der Waals surface area (Å²) in [6.07, 6.45) is -2.19. The van der Waals surface area contributed by atoms with Gasteiger partial charge in [-0.3, -0.25) is 11.3 Å². The zero-order chi connectivity index (χ0) is 15.1. The maximum atomic E-state index is 12.5. The SMILES string of the molecule is CS(=O)(=O)CCCC(COCC(F)(F)C(F)F)NN. The molecule has 116 valence electrons. The fourth-order valence-electron chi connectivity index (χ4n) is 1.21. The number of hydrazine groups is 1. The number of sulfone groups is 1. The first kappa shape index (κ1) is 18.6. The number of halogens is 4. The van der Waals surface area contributed by atoms with Crippen LogP contribution in [0, 0.1) is 0 Å². The lowest BCUT2D eigenvalue weighted by molar-refractivity contribution is -0.167. The van der Waals surface area contributed by atoms with Gasteiger partial charge in [0.05, 0.1) is 6.61 Å². The first-order valence-electron chi connectivity index (χ1n) is 5.46. The van der Waals surface area contributed by atoms with Crippen molar-refractivity contribution in [1.82, 2.24) is 5.43 Å². The van der Waals surface area contributed by atoms with Crippen molar-refractivity contribution in [3.05, 3.63) is 0 Å². The lowest BCUT2D eigenvalue weighted by Gasteiger charge is -2.19. The monoisotopic (exact) mass is 310 g/mol. The Morgan fingerprint density at radius 2 is 1.95 bits per heavy atom. The second kappa shape index (κ2) is 7.98. The molecule has 0 aromatic rings. The van der Waals surface area contributed by atoms with E-state index in [1.807, 2.05) is 0 Å². The van der Waals surface area contributed by atoms with E-state index < -0.39 is 34.8 Å². The Kier molecular flexibility index (Phi) is 7.79. The molecule has 19 heavy (non-hydrogen) atoms. The van der Waals surface area contributed by atoms with Gasteiger partial charge in [0.25, 0.3) is 0 Å². The van der Waals surface area contributed by atoms with Crippen LogP contribution in [0.3, 0.4) is 0 Å². The molecular weight excluding hydrogens is 292 g/mol. The van der Waals surface area contributed by atoms with Gasteiger partial charge in [0.2, 0.25) is 0 Å². The van der Waals surface area contributed by atoms with Crippen LogP contribution in [0.25, 0.3) is 0 Å². The van der Waals surface area contributed by atoms with E-state index in [4.69, 9.17) is 5.84 Å². The molecule has 0 aromatic carbocycles. The number of alkyl halides is 4. The molecule has 0 saturated carbocycles. The highest BCUT2D eigenvalue weighted by molar-refractivity contribution is 7.90. The average molecular weight is 310 g/mol. The van der Waals surface area contributed by atoms with Crippen molar-refractivity contribution in [3.8, 4) is 0 Å². The van der Waals surface area contributed by atoms with E-state index >= 15 is 0 Å². The minimum atomic E-state index is -4.20. The molecule has 0 aliphatic carbocycles. The summed E-state index contributed by atoms with van der Waals surface area (Å²) in [5.41, 5.74) is 2.25. The van der Waals surface area contributed by atoms with Gasteiger partial charge < -0.3 is 4.74 Å². The van der Waals surface area contributed by atoms with Gasteiger partial charge in [-0.2, -0.15) is 8.78 Å². The number of hydrogen-bond donors (Lipinski definition) is 2. The molecule has 0 spiro atoms. The van der Waals surface area contributed by atoms with Gasteiger partial charge in [-0.1, -0.05) is 0 Å². The van der Waals surface area contributed by atoms with Crippen LogP contribution >= 0.6 is 0 Å². The summed E-state index contributed by atoms with van der Waals surface area (Å²) in [5, 5.41) is 0. The average Bonchev–Trinajstić information content (AvgIpc) is 2.25. The van der Waals surface area contributed by atoms with Gasteiger partial charge in [-0.15, -0.1) is 0 Å². The predicted molar refractivity (Wildman–Crippen MR) is 61.8 cm³/mol. The summed E-state index contributed by atoms with van der Waals surface area (Å²) >= 11 is 0. The van der Waals surface area contributed by atoms with Gasteiger partial charge in [-0.25, -0.2) is 17.2 Å². The first-order chi connectivity index (χ1) is 8.58. The lowest BCUT2D eigenvalue weighted by atomic mass is 10.2. The molecule has 0 heterocycles. The highest BCUT2D eigenvalue weighted by atomic mass is 32.2. The molecule has 0 aliphatic heterocycles. The quantitative estimate of drug-likeness (QED) is 0.350. The van der Waals surface area contributed by atoms with Crippen molar-refractivity contribution in [2.45, 2.75) is 31.2 Å². The van der Waals surface area contributed by atoms with Crippen LogP contribution in [-0.4, -0.2) is 52.0 Å². The van der Waals surface area contributed by atoms with E-state index in [2.05, 4.69) is 10.2 Å². The number of hydrogen-bond acceptors (Lipinski definition) is 5. The molecule has 0 rings (SSSR count). The molecule has 3 N–H and O–H groups in total. The van der Waals surface area contributed by atoms with E-state index in [0.717, 1.165) is 6.26 Å². The van der Waals surface area contributed by atoms with E-state index in [-0.39, 0.29) is 25.2 Å². The summed E-state index contributed by atoms with van der Waals surface area (Å²) in [5.74, 6) is 0.844. The highest BCUT2D eigenvalue weighted by Gasteiger charge is 2.41. The maximum absolute atomic E-state index is 12.5. The van der Waals surface area contributed by atoms with Crippen LogP contribution in [0.5, 0.6) is 0 Å². The van der Waals surface area contributed by atoms with Gasteiger partial charge in [0.1, 0.15) is 16.4 Å². The van der Waals surface area contributed by atoms with Crippen molar-refractivity contribution in [2.24, 2.45) is 5.84 Å². The second-order valence-electron chi connectivity index (χ2n) is 4.21. The number of rotatable bonds is 10. The number of nitrogens with one attached hydrogen (secondary N) is 1. The first-order valence-corrected chi connectivity index (χ1v) is 7.52. The minimum Gasteiger partial charge on any atom is -0.373 e. The normalized spacial score (nSPS) is 14.9. The third-order valence-electron chi connectivity index (χ3n) is 2.24. The van der Waals surface area contributed by atoms with Crippen molar-refractivity contribution in [1.29, 1.82) is 0 Å². The van der Waals surface area contributed by atoms with Crippen LogP contribution in [0.2, 0.25) is 0 Å². The van der Waals surface area contributed by atoms with Crippen LogP contribution < -0.4 is 11.3 Å². The van der Waals surface area contributed by atoms with Crippen molar-refractivity contribution in [3.63, 3.8) is 0 Å². The van der Waals surface area contributed by atoms with Gasteiger partial charge in [0.15, 0.2) is 0 Å². The Balaban J connectivity index is 3.95. The largest absolute Gasteiger partial charge is 0.373 e. The van der Waals surface area contributed by atoms with Crippen molar-refractivity contribution < 1.29 is 30.7 Å². The molecule has 10 heteroatoms. The van der Waals surface area contributed by atoms with Crippen LogP contribution in [-0.2, 0) is 14.6 Å². The molecule has 1 unspecified atom stereocenters. The smallest absolute Gasteiger partial charge is 0.330 e. The van der Waals surface area contributed by atoms with Gasteiger partial charge in [-0.05, 0) is 12.8 Å². The summed E-state index contributed by atoms with van der Waals surface area (Å²) in [6, 6.07) is -0.574. The Morgan fingerprint density at radius 1 is 1.37 bits per heavy atom. The topological polar surface area (TPSA) is 81.4 Å². The minimum absolute atomic E-state index is 0.0711. The molecule has 0 radical (unpaired) electrons. The molecular formula is C9H18F4N2O3S. The fraction of sp³-hybridized carbons (Fsp3) is 1.00. The summed E-state index contributed by atoms with van der Waals surface area (Å²) in [7, 11) is -3.11. The Labute approximate surface area is 109 Å². The van der Waals surface area contributed by atoms with Crippen LogP contribution in [0.1, 0.15) is 12.8 Å². The zero-order valence-electron chi connectivity index (χ0n) is 10.4. The summed E-state index contributed by atoms with van der Waals surface area (Å²) < 4.78 is 74.8. The third-order valence-corrected chi connectivity index (χ3v) is 3.27.